The molecule has 0 aromatic carbocycles. The second kappa shape index (κ2) is 3.51. The Bertz CT molecular complexity index is 419. The first-order valence-corrected chi connectivity index (χ1v) is 4.19. The lowest BCUT2D eigenvalue weighted by atomic mass is 10.3. The topological polar surface area (TPSA) is 81.9 Å². The van der Waals surface area contributed by atoms with Gasteiger partial charge in [0.25, 0.3) is 0 Å². The highest BCUT2D eigenvalue weighted by Crippen LogP contribution is 2.16. The van der Waals surface area contributed by atoms with Crippen molar-refractivity contribution in [2.45, 2.75) is 6.54 Å². The van der Waals surface area contributed by atoms with Crippen molar-refractivity contribution in [3.05, 3.63) is 24.1 Å². The Balaban J connectivity index is 2.18. The van der Waals surface area contributed by atoms with Gasteiger partial charge in [0.15, 0.2) is 11.6 Å². The van der Waals surface area contributed by atoms with E-state index in [1.165, 1.54) is 6.26 Å². The van der Waals surface area contributed by atoms with Crippen LogP contribution in [0.4, 0.5) is 11.6 Å². The van der Waals surface area contributed by atoms with Crippen LogP contribution in [0.3, 0.4) is 0 Å². The molecular formula is C8H11N5O. The lowest BCUT2D eigenvalue weighted by molar-refractivity contribution is 0.422. The molecule has 0 radical (unpaired) electrons. The molecule has 0 aliphatic carbocycles. The Morgan fingerprint density at radius 1 is 1.64 bits per heavy atom. The van der Waals surface area contributed by atoms with Crippen molar-refractivity contribution in [1.29, 1.82) is 0 Å². The summed E-state index contributed by atoms with van der Waals surface area (Å²) in [5.74, 6) is 1.34. The largest absolute Gasteiger partial charge is 0.362 e. The third-order valence-corrected chi connectivity index (χ3v) is 1.82. The van der Waals surface area contributed by atoms with Crippen molar-refractivity contribution >= 4 is 11.6 Å². The zero-order valence-corrected chi connectivity index (χ0v) is 7.77. The highest BCUT2D eigenvalue weighted by molar-refractivity contribution is 5.54. The molecule has 2 heterocycles. The summed E-state index contributed by atoms with van der Waals surface area (Å²) in [5, 5.41) is 10.9. The quantitative estimate of drug-likeness (QED) is 0.746. The molecule has 74 valence electrons. The minimum Gasteiger partial charge on any atom is -0.362 e. The molecule has 0 bridgehead atoms. The molecule has 0 saturated heterocycles. The minimum atomic E-state index is 0.388. The molecule has 0 fully saturated rings. The second-order valence-corrected chi connectivity index (χ2v) is 2.89. The van der Waals surface area contributed by atoms with Crippen LogP contribution in [0.5, 0.6) is 0 Å². The summed E-state index contributed by atoms with van der Waals surface area (Å²) in [6.07, 6.45) is 3.36. The molecule has 6 heteroatoms. The van der Waals surface area contributed by atoms with E-state index >= 15 is 0 Å². The Labute approximate surface area is 80.7 Å². The van der Waals surface area contributed by atoms with Gasteiger partial charge < -0.3 is 15.6 Å². The fourth-order valence-corrected chi connectivity index (χ4v) is 1.11. The van der Waals surface area contributed by atoms with Gasteiger partial charge in [-0.3, -0.25) is 4.68 Å². The first-order chi connectivity index (χ1) is 6.79. The molecule has 0 unspecified atom stereocenters. The van der Waals surface area contributed by atoms with Crippen LogP contribution in [-0.4, -0.2) is 14.9 Å². The first kappa shape index (κ1) is 8.76. The molecule has 2 aromatic rings. The average Bonchev–Trinajstić information content (AvgIpc) is 2.76. The summed E-state index contributed by atoms with van der Waals surface area (Å²) in [5.41, 5.74) is 6.32. The number of rotatable bonds is 3. The summed E-state index contributed by atoms with van der Waals surface area (Å²) in [7, 11) is 1.85. The van der Waals surface area contributed by atoms with Crippen molar-refractivity contribution in [3.8, 4) is 0 Å². The van der Waals surface area contributed by atoms with Gasteiger partial charge in [0.2, 0.25) is 0 Å². The number of aromatic nitrogens is 3. The van der Waals surface area contributed by atoms with E-state index in [0.29, 0.717) is 12.4 Å². The standard InChI is InChI=1S/C8H11N5O/c1-13-3-2-7(11-13)10-8-6(4-9)5-14-12-8/h2-3,5H,4,9H2,1H3,(H,10,11,12). The Hall–Kier alpha value is -1.82. The summed E-state index contributed by atoms with van der Waals surface area (Å²) in [6, 6.07) is 1.84. The van der Waals surface area contributed by atoms with Crippen LogP contribution in [0.1, 0.15) is 5.56 Å². The van der Waals surface area contributed by atoms with Gasteiger partial charge in [-0.05, 0) is 0 Å². The third kappa shape index (κ3) is 1.60. The van der Waals surface area contributed by atoms with Gasteiger partial charge in [-0.15, -0.1) is 0 Å². The summed E-state index contributed by atoms with van der Waals surface area (Å²) in [4.78, 5) is 0. The second-order valence-electron chi connectivity index (χ2n) is 2.89. The van der Waals surface area contributed by atoms with Gasteiger partial charge in [-0.25, -0.2) is 0 Å². The fourth-order valence-electron chi connectivity index (χ4n) is 1.11. The SMILES string of the molecule is Cn1ccc(Nc2nocc2CN)n1. The number of nitrogens with two attached hydrogens (primary N) is 1. The van der Waals surface area contributed by atoms with E-state index < -0.39 is 0 Å². The van der Waals surface area contributed by atoms with Crippen LogP contribution in [0.15, 0.2) is 23.0 Å². The van der Waals surface area contributed by atoms with E-state index in [9.17, 15) is 0 Å². The van der Waals surface area contributed by atoms with Gasteiger partial charge in [0.05, 0.1) is 0 Å². The molecule has 0 aliphatic rings. The lowest BCUT2D eigenvalue weighted by Gasteiger charge is -1.98. The molecule has 6 nitrogen and oxygen atoms in total. The van der Waals surface area contributed by atoms with Crippen LogP contribution in [0.25, 0.3) is 0 Å². The summed E-state index contributed by atoms with van der Waals surface area (Å²) in [6.45, 7) is 0.388. The number of nitrogens with one attached hydrogen (secondary N) is 1. The minimum absolute atomic E-state index is 0.388. The van der Waals surface area contributed by atoms with Crippen LogP contribution in [0.2, 0.25) is 0 Å². The van der Waals surface area contributed by atoms with Crippen molar-refractivity contribution in [2.24, 2.45) is 12.8 Å². The van der Waals surface area contributed by atoms with Crippen molar-refractivity contribution in [1.82, 2.24) is 14.9 Å². The summed E-state index contributed by atoms with van der Waals surface area (Å²) < 4.78 is 6.49. The maximum absolute atomic E-state index is 5.49. The molecule has 2 rings (SSSR count). The lowest BCUT2D eigenvalue weighted by Crippen LogP contribution is -2.00. The van der Waals surface area contributed by atoms with E-state index in [0.717, 1.165) is 11.4 Å². The Morgan fingerprint density at radius 2 is 2.50 bits per heavy atom. The molecule has 0 atom stereocenters. The Morgan fingerprint density at radius 3 is 3.14 bits per heavy atom. The first-order valence-electron chi connectivity index (χ1n) is 4.19. The summed E-state index contributed by atoms with van der Waals surface area (Å²) >= 11 is 0. The van der Waals surface area contributed by atoms with E-state index in [4.69, 9.17) is 10.3 Å². The van der Waals surface area contributed by atoms with Crippen molar-refractivity contribution < 1.29 is 4.52 Å². The van der Waals surface area contributed by atoms with Gasteiger partial charge >= 0.3 is 0 Å². The number of hydrogen-bond acceptors (Lipinski definition) is 5. The number of anilines is 2. The monoisotopic (exact) mass is 193 g/mol. The van der Waals surface area contributed by atoms with Crippen molar-refractivity contribution in [2.75, 3.05) is 5.32 Å². The van der Waals surface area contributed by atoms with Crippen LogP contribution in [0, 0.1) is 0 Å². The Kier molecular flexibility index (Phi) is 2.19. The third-order valence-electron chi connectivity index (χ3n) is 1.82. The molecule has 0 saturated carbocycles. The number of aryl methyl sites for hydroxylation is 1. The fraction of sp³-hybridized carbons (Fsp3) is 0.250. The molecule has 0 aliphatic heterocycles. The van der Waals surface area contributed by atoms with Gasteiger partial charge in [0.1, 0.15) is 6.26 Å². The molecule has 14 heavy (non-hydrogen) atoms. The molecule has 0 spiro atoms. The van der Waals surface area contributed by atoms with Gasteiger partial charge in [-0.2, -0.15) is 5.10 Å². The normalized spacial score (nSPS) is 10.4. The number of nitrogens with zero attached hydrogens (tertiary/aromatic N) is 3. The van der Waals surface area contributed by atoms with Gasteiger partial charge in [0, 0.05) is 31.4 Å². The van der Waals surface area contributed by atoms with Crippen molar-refractivity contribution in [3.63, 3.8) is 0 Å². The maximum atomic E-state index is 5.49. The highest BCUT2D eigenvalue weighted by atomic mass is 16.5. The smallest absolute Gasteiger partial charge is 0.179 e. The predicted octanol–water partition coefficient (Wildman–Crippen LogP) is 0.610. The predicted molar refractivity (Wildman–Crippen MR) is 50.9 cm³/mol. The van der Waals surface area contributed by atoms with E-state index in [2.05, 4.69) is 15.6 Å². The van der Waals surface area contributed by atoms with E-state index in [1.54, 1.807) is 4.68 Å². The molecule has 0 amide bonds. The zero-order chi connectivity index (χ0) is 9.97. The zero-order valence-electron chi connectivity index (χ0n) is 7.77. The molecular weight excluding hydrogens is 182 g/mol. The molecule has 2 aromatic heterocycles. The van der Waals surface area contributed by atoms with E-state index in [-0.39, 0.29) is 0 Å². The van der Waals surface area contributed by atoms with Crippen LogP contribution >= 0.6 is 0 Å². The van der Waals surface area contributed by atoms with Crippen LogP contribution < -0.4 is 11.1 Å². The maximum Gasteiger partial charge on any atom is 0.179 e. The van der Waals surface area contributed by atoms with Crippen LogP contribution in [-0.2, 0) is 13.6 Å². The molecule has 3 N–H and O–H groups in total. The number of hydrogen-bond donors (Lipinski definition) is 2. The highest BCUT2D eigenvalue weighted by Gasteiger charge is 2.06. The average molecular weight is 193 g/mol. The van der Waals surface area contributed by atoms with E-state index in [1.807, 2.05) is 19.3 Å². The van der Waals surface area contributed by atoms with Gasteiger partial charge in [-0.1, -0.05) is 5.16 Å².